The van der Waals surface area contributed by atoms with Gasteiger partial charge in [-0.1, -0.05) is 18.2 Å². The highest BCUT2D eigenvalue weighted by atomic mass is 16.6. The van der Waals surface area contributed by atoms with Crippen LogP contribution in [-0.4, -0.2) is 30.4 Å². The average molecular weight is 339 g/mol. The number of nitrogens with zero attached hydrogens (tertiary/aromatic N) is 1. The molecule has 0 bridgehead atoms. The summed E-state index contributed by atoms with van der Waals surface area (Å²) in [7, 11) is 0. The molecule has 3 rings (SSSR count). The van der Waals surface area contributed by atoms with E-state index in [9.17, 15) is 4.79 Å². The van der Waals surface area contributed by atoms with E-state index in [0.717, 1.165) is 22.4 Å². The molecule has 0 fully saturated rings. The molecule has 5 nitrogen and oxygen atoms in total. The molecule has 0 amide bonds. The molecule has 5 heteroatoms. The summed E-state index contributed by atoms with van der Waals surface area (Å²) >= 11 is 0. The molecule has 0 spiro atoms. The Bertz CT molecular complexity index is 826. The summed E-state index contributed by atoms with van der Waals surface area (Å²) in [5.41, 5.74) is 0.973. The highest BCUT2D eigenvalue weighted by Gasteiger charge is 2.08. The number of fused-ring (bicyclic) bond motifs is 1. The number of ether oxygens (including phenoxy) is 3. The first-order valence-corrected chi connectivity index (χ1v) is 8.31. The second-order valence-electron chi connectivity index (χ2n) is 5.48. The van der Waals surface area contributed by atoms with Gasteiger partial charge in [-0.2, -0.15) is 0 Å². The van der Waals surface area contributed by atoms with Crippen LogP contribution in [-0.2, 0) is 16.1 Å². The zero-order valence-electron chi connectivity index (χ0n) is 14.2. The third kappa shape index (κ3) is 4.53. The fraction of sp³-hybridized carbons (Fsp3) is 0.250. The first kappa shape index (κ1) is 16.9. The van der Waals surface area contributed by atoms with Crippen molar-refractivity contribution in [2.45, 2.75) is 13.5 Å². The van der Waals surface area contributed by atoms with Gasteiger partial charge in [0.1, 0.15) is 31.3 Å². The normalized spacial score (nSPS) is 10.6. The van der Waals surface area contributed by atoms with Crippen LogP contribution in [0.1, 0.15) is 6.92 Å². The van der Waals surface area contributed by atoms with E-state index in [1.54, 1.807) is 0 Å². The number of carbonyl (C=O) groups is 1. The van der Waals surface area contributed by atoms with Gasteiger partial charge in [0.25, 0.3) is 0 Å². The minimum atomic E-state index is -0.289. The lowest BCUT2D eigenvalue weighted by Gasteiger charge is -2.09. The molecule has 1 heterocycles. The standard InChI is InChI=1S/C20H21NO4/c1-2-23-18-8-9-19-16(14-18)10-11-21(19)15-20(22)25-13-12-24-17-6-4-3-5-7-17/h3-11,14H,2,12-13,15H2,1H3. The Hall–Kier alpha value is -2.95. The molecule has 0 N–H and O–H groups in total. The molecule has 0 unspecified atom stereocenters. The van der Waals surface area contributed by atoms with Gasteiger partial charge in [0.15, 0.2) is 0 Å². The Kier molecular flexibility index (Phi) is 5.57. The number of para-hydroxylation sites is 1. The van der Waals surface area contributed by atoms with Gasteiger partial charge >= 0.3 is 5.97 Å². The van der Waals surface area contributed by atoms with Crippen LogP contribution in [0, 0.1) is 0 Å². The predicted molar refractivity (Wildman–Crippen MR) is 96.0 cm³/mol. The third-order valence-corrected chi connectivity index (χ3v) is 3.71. The fourth-order valence-electron chi connectivity index (χ4n) is 2.59. The van der Waals surface area contributed by atoms with Crippen molar-refractivity contribution >= 4 is 16.9 Å². The summed E-state index contributed by atoms with van der Waals surface area (Å²) in [5.74, 6) is 1.30. The Morgan fingerprint density at radius 1 is 0.960 bits per heavy atom. The second kappa shape index (κ2) is 8.24. The minimum absolute atomic E-state index is 0.169. The molecular formula is C20H21NO4. The van der Waals surface area contributed by atoms with Gasteiger partial charge in [-0.15, -0.1) is 0 Å². The third-order valence-electron chi connectivity index (χ3n) is 3.71. The largest absolute Gasteiger partial charge is 0.494 e. The van der Waals surface area contributed by atoms with Crippen molar-refractivity contribution < 1.29 is 19.0 Å². The van der Waals surface area contributed by atoms with E-state index in [1.165, 1.54) is 0 Å². The Morgan fingerprint density at radius 2 is 1.80 bits per heavy atom. The number of hydrogen-bond donors (Lipinski definition) is 0. The quantitative estimate of drug-likeness (QED) is 0.464. The van der Waals surface area contributed by atoms with E-state index in [4.69, 9.17) is 14.2 Å². The molecule has 0 atom stereocenters. The molecule has 0 aliphatic heterocycles. The van der Waals surface area contributed by atoms with Crippen LogP contribution in [0.25, 0.3) is 10.9 Å². The lowest BCUT2D eigenvalue weighted by atomic mass is 10.2. The zero-order chi connectivity index (χ0) is 17.5. The number of benzene rings is 2. The Balaban J connectivity index is 1.50. The van der Waals surface area contributed by atoms with E-state index < -0.39 is 0 Å². The summed E-state index contributed by atoms with van der Waals surface area (Å²) in [5, 5.41) is 1.03. The van der Waals surface area contributed by atoms with Gasteiger partial charge in [-0.25, -0.2) is 0 Å². The van der Waals surface area contributed by atoms with Gasteiger partial charge in [-0.05, 0) is 43.3 Å². The minimum Gasteiger partial charge on any atom is -0.494 e. The topological polar surface area (TPSA) is 49.7 Å². The summed E-state index contributed by atoms with van der Waals surface area (Å²) in [6, 6.07) is 17.2. The average Bonchev–Trinajstić information content (AvgIpc) is 3.02. The Morgan fingerprint density at radius 3 is 2.60 bits per heavy atom. The van der Waals surface area contributed by atoms with Crippen molar-refractivity contribution in [3.63, 3.8) is 0 Å². The molecule has 0 aliphatic carbocycles. The number of aromatic nitrogens is 1. The molecule has 2 aromatic carbocycles. The fourth-order valence-corrected chi connectivity index (χ4v) is 2.59. The maximum atomic E-state index is 12.0. The van der Waals surface area contributed by atoms with Crippen molar-refractivity contribution in [2.75, 3.05) is 19.8 Å². The summed E-state index contributed by atoms with van der Waals surface area (Å²) in [6.45, 7) is 3.31. The van der Waals surface area contributed by atoms with E-state index in [-0.39, 0.29) is 19.1 Å². The highest BCUT2D eigenvalue weighted by molar-refractivity contribution is 5.83. The summed E-state index contributed by atoms with van der Waals surface area (Å²) < 4.78 is 18.1. The van der Waals surface area contributed by atoms with Crippen molar-refractivity contribution in [3.05, 3.63) is 60.8 Å². The molecule has 130 valence electrons. The zero-order valence-corrected chi connectivity index (χ0v) is 14.2. The van der Waals surface area contributed by atoms with Crippen molar-refractivity contribution in [1.29, 1.82) is 0 Å². The molecule has 3 aromatic rings. The summed E-state index contributed by atoms with van der Waals surface area (Å²) in [4.78, 5) is 12.0. The molecule has 0 saturated heterocycles. The van der Waals surface area contributed by atoms with Gasteiger partial charge in [-0.3, -0.25) is 4.79 Å². The van der Waals surface area contributed by atoms with Crippen molar-refractivity contribution in [2.24, 2.45) is 0 Å². The molecule has 1 aromatic heterocycles. The highest BCUT2D eigenvalue weighted by Crippen LogP contribution is 2.22. The molecule has 0 aliphatic rings. The van der Waals surface area contributed by atoms with Gasteiger partial charge in [0.05, 0.1) is 6.61 Å². The van der Waals surface area contributed by atoms with Crippen LogP contribution >= 0.6 is 0 Å². The second-order valence-corrected chi connectivity index (χ2v) is 5.48. The summed E-state index contributed by atoms with van der Waals surface area (Å²) in [6.07, 6.45) is 1.88. The lowest BCUT2D eigenvalue weighted by Crippen LogP contribution is -2.16. The number of hydrogen-bond acceptors (Lipinski definition) is 4. The van der Waals surface area contributed by atoms with Gasteiger partial charge in [0, 0.05) is 17.1 Å². The van der Waals surface area contributed by atoms with E-state index in [0.29, 0.717) is 13.2 Å². The van der Waals surface area contributed by atoms with Crippen LogP contribution in [0.15, 0.2) is 60.8 Å². The smallest absolute Gasteiger partial charge is 0.326 e. The number of carbonyl (C=O) groups excluding carboxylic acids is 1. The Labute approximate surface area is 146 Å². The van der Waals surface area contributed by atoms with E-state index >= 15 is 0 Å². The lowest BCUT2D eigenvalue weighted by molar-refractivity contribution is -0.145. The maximum Gasteiger partial charge on any atom is 0.326 e. The SMILES string of the molecule is CCOc1ccc2c(ccn2CC(=O)OCCOc2ccccc2)c1. The molecule has 0 saturated carbocycles. The van der Waals surface area contributed by atoms with Crippen LogP contribution < -0.4 is 9.47 Å². The van der Waals surface area contributed by atoms with Crippen molar-refractivity contribution in [1.82, 2.24) is 4.57 Å². The van der Waals surface area contributed by atoms with Gasteiger partial charge < -0.3 is 18.8 Å². The monoisotopic (exact) mass is 339 g/mol. The van der Waals surface area contributed by atoms with Crippen molar-refractivity contribution in [3.8, 4) is 11.5 Å². The van der Waals surface area contributed by atoms with E-state index in [2.05, 4.69) is 0 Å². The van der Waals surface area contributed by atoms with E-state index in [1.807, 2.05) is 72.3 Å². The molecule has 0 radical (unpaired) electrons. The maximum absolute atomic E-state index is 12.0. The molecular weight excluding hydrogens is 318 g/mol. The van der Waals surface area contributed by atoms with Crippen LogP contribution in [0.4, 0.5) is 0 Å². The first-order valence-electron chi connectivity index (χ1n) is 8.31. The van der Waals surface area contributed by atoms with Crippen LogP contribution in [0.2, 0.25) is 0 Å². The first-order chi connectivity index (χ1) is 12.3. The van der Waals surface area contributed by atoms with Crippen LogP contribution in [0.5, 0.6) is 11.5 Å². The number of esters is 1. The van der Waals surface area contributed by atoms with Gasteiger partial charge in [0.2, 0.25) is 0 Å². The number of rotatable bonds is 8. The predicted octanol–water partition coefficient (Wildman–Crippen LogP) is 3.66. The van der Waals surface area contributed by atoms with Crippen LogP contribution in [0.3, 0.4) is 0 Å². The molecule has 25 heavy (non-hydrogen) atoms.